The molecule has 0 aliphatic rings. The molecule has 0 aromatic heterocycles. The summed E-state index contributed by atoms with van der Waals surface area (Å²) < 4.78 is 5.07. The molecule has 1 atom stereocenters. The van der Waals surface area contributed by atoms with E-state index in [0.717, 1.165) is 18.5 Å². The molecule has 0 aliphatic carbocycles. The fourth-order valence-electron chi connectivity index (χ4n) is 1.41. The predicted molar refractivity (Wildman–Crippen MR) is 63.8 cm³/mol. The molecule has 1 unspecified atom stereocenters. The smallest absolute Gasteiger partial charge is 0.120 e. The van der Waals surface area contributed by atoms with Crippen molar-refractivity contribution >= 4 is 18.7 Å². The highest BCUT2D eigenvalue weighted by Crippen LogP contribution is 2.15. The summed E-state index contributed by atoms with van der Waals surface area (Å²) in [4.78, 5) is 10.3. The van der Waals surface area contributed by atoms with Gasteiger partial charge in [0.05, 0.1) is 7.11 Å². The van der Waals surface area contributed by atoms with E-state index < -0.39 is 0 Å². The number of ether oxygens (including phenoxy) is 1. The van der Waals surface area contributed by atoms with Crippen molar-refractivity contribution in [3.63, 3.8) is 0 Å². The molecule has 0 fully saturated rings. The summed E-state index contributed by atoms with van der Waals surface area (Å²) in [6, 6.07) is 7.98. The summed E-state index contributed by atoms with van der Waals surface area (Å²) in [5.41, 5.74) is 1.25. The van der Waals surface area contributed by atoms with Crippen molar-refractivity contribution < 1.29 is 9.53 Å². The predicted octanol–water partition coefficient (Wildman–Crippen LogP) is 2.88. The number of halogens is 1. The molecule has 0 N–H and O–H groups in total. The second-order valence-electron chi connectivity index (χ2n) is 3.56. The maximum Gasteiger partial charge on any atom is 0.120 e. The van der Waals surface area contributed by atoms with Crippen molar-refractivity contribution in [2.75, 3.05) is 7.11 Å². The third kappa shape index (κ3) is 4.84. The zero-order valence-electron chi connectivity index (χ0n) is 9.10. The molecule has 3 heteroatoms. The van der Waals surface area contributed by atoms with Gasteiger partial charge in [-0.1, -0.05) is 19.1 Å². The maximum atomic E-state index is 10.3. The Morgan fingerprint density at radius 1 is 1.33 bits per heavy atom. The van der Waals surface area contributed by atoms with Gasteiger partial charge in [-0.25, -0.2) is 0 Å². The highest BCUT2D eigenvalue weighted by molar-refractivity contribution is 5.85. The van der Waals surface area contributed by atoms with Gasteiger partial charge in [0.1, 0.15) is 12.0 Å². The quantitative estimate of drug-likeness (QED) is 0.725. The second-order valence-corrected chi connectivity index (χ2v) is 3.56. The zero-order chi connectivity index (χ0) is 10.4. The first-order valence-corrected chi connectivity index (χ1v) is 4.83. The van der Waals surface area contributed by atoms with Crippen LogP contribution in [-0.4, -0.2) is 13.4 Å². The average Bonchev–Trinajstić information content (AvgIpc) is 2.19. The molecular formula is C12H17ClO2. The Morgan fingerprint density at radius 2 is 1.93 bits per heavy atom. The monoisotopic (exact) mass is 228 g/mol. The molecule has 0 bridgehead atoms. The summed E-state index contributed by atoms with van der Waals surface area (Å²) in [6.07, 6.45) is 2.56. The number of benzene rings is 1. The topological polar surface area (TPSA) is 26.3 Å². The van der Waals surface area contributed by atoms with Crippen molar-refractivity contribution in [3.8, 4) is 5.75 Å². The number of hydrogen-bond acceptors (Lipinski definition) is 2. The second kappa shape index (κ2) is 7.30. The van der Waals surface area contributed by atoms with Crippen LogP contribution in [0.15, 0.2) is 24.3 Å². The minimum Gasteiger partial charge on any atom is -0.497 e. The van der Waals surface area contributed by atoms with E-state index in [-0.39, 0.29) is 12.4 Å². The Balaban J connectivity index is 0.00000196. The summed E-state index contributed by atoms with van der Waals surface area (Å²) in [5, 5.41) is 0. The lowest BCUT2D eigenvalue weighted by Crippen LogP contribution is -2.00. The van der Waals surface area contributed by atoms with Crippen LogP contribution in [-0.2, 0) is 11.2 Å². The number of carbonyl (C=O) groups is 1. The number of carbonyl (C=O) groups excluding carboxylic acids is 1. The van der Waals surface area contributed by atoms with E-state index in [1.807, 2.05) is 24.3 Å². The van der Waals surface area contributed by atoms with Crippen molar-refractivity contribution in [1.82, 2.24) is 0 Å². The van der Waals surface area contributed by atoms with Crippen LogP contribution in [0.25, 0.3) is 0 Å². The van der Waals surface area contributed by atoms with Crippen LogP contribution in [0.1, 0.15) is 18.9 Å². The molecule has 0 heterocycles. The van der Waals surface area contributed by atoms with E-state index >= 15 is 0 Å². The Labute approximate surface area is 97.0 Å². The molecule has 1 aromatic carbocycles. The molecule has 0 spiro atoms. The number of rotatable bonds is 5. The Morgan fingerprint density at radius 3 is 2.40 bits per heavy atom. The average molecular weight is 229 g/mol. The van der Waals surface area contributed by atoms with Crippen LogP contribution < -0.4 is 4.74 Å². The third-order valence-corrected chi connectivity index (χ3v) is 2.24. The number of methoxy groups -OCH3 is 1. The first-order valence-electron chi connectivity index (χ1n) is 4.83. The normalized spacial score (nSPS) is 11.3. The fraction of sp³-hybridized carbons (Fsp3) is 0.417. The van der Waals surface area contributed by atoms with Crippen molar-refractivity contribution in [2.45, 2.75) is 19.8 Å². The van der Waals surface area contributed by atoms with Crippen LogP contribution >= 0.6 is 12.4 Å². The molecular weight excluding hydrogens is 212 g/mol. The highest BCUT2D eigenvalue weighted by atomic mass is 35.5. The third-order valence-electron chi connectivity index (χ3n) is 2.24. The van der Waals surface area contributed by atoms with E-state index in [9.17, 15) is 4.79 Å². The van der Waals surface area contributed by atoms with Gasteiger partial charge in [-0.2, -0.15) is 0 Å². The molecule has 0 radical (unpaired) electrons. The van der Waals surface area contributed by atoms with Crippen LogP contribution in [0.4, 0.5) is 0 Å². The number of hydrogen-bond donors (Lipinski definition) is 0. The lowest BCUT2D eigenvalue weighted by molar-refractivity contribution is -0.108. The Bertz CT molecular complexity index is 282. The van der Waals surface area contributed by atoms with Crippen molar-refractivity contribution in [2.24, 2.45) is 5.92 Å². The summed E-state index contributed by atoms with van der Waals surface area (Å²) in [5.74, 6) is 1.29. The van der Waals surface area contributed by atoms with Gasteiger partial charge in [0.15, 0.2) is 0 Å². The van der Waals surface area contributed by atoms with E-state index in [1.165, 1.54) is 5.56 Å². The van der Waals surface area contributed by atoms with E-state index in [4.69, 9.17) is 4.74 Å². The lowest BCUT2D eigenvalue weighted by atomic mass is 9.99. The van der Waals surface area contributed by atoms with Crippen LogP contribution in [0.2, 0.25) is 0 Å². The molecule has 1 rings (SSSR count). The van der Waals surface area contributed by atoms with Gasteiger partial charge in [0.2, 0.25) is 0 Å². The molecule has 84 valence electrons. The van der Waals surface area contributed by atoms with E-state index in [0.29, 0.717) is 12.3 Å². The highest BCUT2D eigenvalue weighted by Gasteiger charge is 2.02. The summed E-state index contributed by atoms with van der Waals surface area (Å²) >= 11 is 0. The van der Waals surface area contributed by atoms with E-state index in [1.54, 1.807) is 7.11 Å². The minimum atomic E-state index is 0. The molecule has 0 amide bonds. The number of aldehydes is 1. The molecule has 0 saturated carbocycles. The van der Waals surface area contributed by atoms with Crippen LogP contribution in [0, 0.1) is 5.92 Å². The van der Waals surface area contributed by atoms with Gasteiger partial charge in [-0.05, 0) is 30.0 Å². The molecule has 0 aliphatic heterocycles. The van der Waals surface area contributed by atoms with Crippen molar-refractivity contribution in [1.29, 1.82) is 0 Å². The van der Waals surface area contributed by atoms with Crippen molar-refractivity contribution in [3.05, 3.63) is 29.8 Å². The summed E-state index contributed by atoms with van der Waals surface area (Å²) in [7, 11) is 1.66. The maximum absolute atomic E-state index is 10.3. The van der Waals surface area contributed by atoms with E-state index in [2.05, 4.69) is 6.92 Å². The molecule has 0 saturated heterocycles. The standard InChI is InChI=1S/C12H16O2.ClH/c1-10(7-8-13)9-11-3-5-12(14-2)6-4-11;/h3-6,8,10H,7,9H2,1-2H3;1H. The van der Waals surface area contributed by atoms with Crippen LogP contribution in [0.5, 0.6) is 5.75 Å². The largest absolute Gasteiger partial charge is 0.497 e. The van der Waals surface area contributed by atoms with Gasteiger partial charge >= 0.3 is 0 Å². The Hall–Kier alpha value is -1.02. The first-order chi connectivity index (χ1) is 6.76. The van der Waals surface area contributed by atoms with Gasteiger partial charge < -0.3 is 9.53 Å². The minimum absolute atomic E-state index is 0. The van der Waals surface area contributed by atoms with Crippen LogP contribution in [0.3, 0.4) is 0 Å². The lowest BCUT2D eigenvalue weighted by Gasteiger charge is -2.07. The molecule has 2 nitrogen and oxygen atoms in total. The fourth-order valence-corrected chi connectivity index (χ4v) is 1.41. The first kappa shape index (κ1) is 14.0. The summed E-state index contributed by atoms with van der Waals surface area (Å²) in [6.45, 7) is 2.08. The molecule has 15 heavy (non-hydrogen) atoms. The Kier molecular flexibility index (Phi) is 6.80. The molecule has 1 aromatic rings. The van der Waals surface area contributed by atoms with Gasteiger partial charge in [0.25, 0.3) is 0 Å². The van der Waals surface area contributed by atoms with Gasteiger partial charge in [0, 0.05) is 6.42 Å². The van der Waals surface area contributed by atoms with Gasteiger partial charge in [-0.3, -0.25) is 0 Å². The SMILES string of the molecule is COc1ccc(CC(C)CC=O)cc1.Cl. The zero-order valence-corrected chi connectivity index (χ0v) is 9.92. The van der Waals surface area contributed by atoms with Gasteiger partial charge in [-0.15, -0.1) is 12.4 Å².